The minimum Gasteiger partial charge on any atom is -1.00 e. The fourth-order valence-corrected chi connectivity index (χ4v) is 2.91. The van der Waals surface area contributed by atoms with E-state index in [4.69, 9.17) is 5.41 Å². The number of imidazole rings is 1. The number of benzene rings is 2. The summed E-state index contributed by atoms with van der Waals surface area (Å²) in [6, 6.07) is 13.2. The number of rotatable bonds is 6. The van der Waals surface area contributed by atoms with E-state index >= 15 is 0 Å². The molecule has 0 saturated heterocycles. The lowest BCUT2D eigenvalue weighted by atomic mass is 10.1. The summed E-state index contributed by atoms with van der Waals surface area (Å²) in [6.07, 6.45) is 0.890. The molecule has 136 valence electrons. The maximum Gasteiger partial charge on any atom is 0.269 e. The van der Waals surface area contributed by atoms with Crippen molar-refractivity contribution in [3.8, 4) is 0 Å². The Bertz CT molecular complexity index is 1010. The van der Waals surface area contributed by atoms with E-state index in [0.717, 1.165) is 17.5 Å². The van der Waals surface area contributed by atoms with Crippen LogP contribution in [-0.4, -0.2) is 19.8 Å². The molecular formula is C18H18BrN4O3-. The van der Waals surface area contributed by atoms with Crippen LogP contribution in [0.15, 0.2) is 48.5 Å². The minimum atomic E-state index is -0.497. The number of nitrogens with zero attached hydrogens (tertiary/aromatic N) is 3. The molecule has 1 heterocycles. The molecule has 0 amide bonds. The molecule has 0 radical (unpaired) electrons. The van der Waals surface area contributed by atoms with Gasteiger partial charge in [0.05, 0.1) is 22.5 Å². The first-order valence-corrected chi connectivity index (χ1v) is 8.03. The van der Waals surface area contributed by atoms with E-state index in [9.17, 15) is 14.9 Å². The highest BCUT2D eigenvalue weighted by Gasteiger charge is 2.15. The van der Waals surface area contributed by atoms with Crippen LogP contribution >= 0.6 is 0 Å². The number of nitro benzene ring substituents is 1. The Morgan fingerprint density at radius 2 is 1.65 bits per heavy atom. The molecule has 8 heteroatoms. The van der Waals surface area contributed by atoms with E-state index in [0.29, 0.717) is 12.1 Å². The van der Waals surface area contributed by atoms with Gasteiger partial charge in [-0.15, -0.1) is 0 Å². The summed E-state index contributed by atoms with van der Waals surface area (Å²) >= 11 is 0. The molecule has 1 N–H and O–H groups in total. The molecule has 3 aromatic rings. The molecule has 0 spiro atoms. The maximum atomic E-state index is 12.6. The predicted octanol–water partition coefficient (Wildman–Crippen LogP) is 0.127. The van der Waals surface area contributed by atoms with Crippen molar-refractivity contribution in [2.45, 2.75) is 26.4 Å². The number of nitrogens with one attached hydrogen (secondary N) is 1. The van der Waals surface area contributed by atoms with Crippen LogP contribution in [0.5, 0.6) is 0 Å². The number of fused-ring (bicyclic) bond motifs is 1. The lowest BCUT2D eigenvalue weighted by molar-refractivity contribution is -0.384. The van der Waals surface area contributed by atoms with Crippen LogP contribution in [0.3, 0.4) is 0 Å². The molecule has 26 heavy (non-hydrogen) atoms. The Labute approximate surface area is 160 Å². The van der Waals surface area contributed by atoms with Crippen molar-refractivity contribution >= 4 is 22.5 Å². The smallest absolute Gasteiger partial charge is 0.269 e. The Morgan fingerprint density at radius 1 is 1.08 bits per heavy atom. The summed E-state index contributed by atoms with van der Waals surface area (Å²) in [4.78, 5) is 22.8. The standard InChI is InChI=1S/C18H18N4O3.BrH/c1-2-11-20-15-5-3-4-6-16(15)21(18(20)19)12-17(23)13-7-9-14(10-8-13)22(24)25;/h3-10,19H,2,11-12H2,1H3;1H/p-1. The molecule has 3 rings (SSSR count). The van der Waals surface area contributed by atoms with Gasteiger partial charge < -0.3 is 26.1 Å². The number of ketones is 1. The van der Waals surface area contributed by atoms with Crippen molar-refractivity contribution in [3.05, 3.63) is 69.8 Å². The number of hydrogen-bond acceptors (Lipinski definition) is 4. The molecule has 0 aliphatic rings. The average Bonchev–Trinajstić information content (AvgIpc) is 2.88. The van der Waals surface area contributed by atoms with Gasteiger partial charge in [0.1, 0.15) is 0 Å². The van der Waals surface area contributed by atoms with E-state index in [1.807, 2.05) is 35.8 Å². The second kappa shape index (κ2) is 8.09. The number of halogens is 1. The number of carbonyl (C=O) groups excluding carboxylic acids is 1. The second-order valence-electron chi connectivity index (χ2n) is 5.78. The minimum absolute atomic E-state index is 0. The van der Waals surface area contributed by atoms with Crippen molar-refractivity contribution in [2.75, 3.05) is 0 Å². The van der Waals surface area contributed by atoms with Gasteiger partial charge in [0.2, 0.25) is 5.62 Å². The topological polar surface area (TPSA) is 93.9 Å². The Balaban J connectivity index is 0.00000243. The summed E-state index contributed by atoms with van der Waals surface area (Å²) in [5.41, 5.74) is 2.37. The second-order valence-corrected chi connectivity index (χ2v) is 5.78. The Morgan fingerprint density at radius 3 is 2.19 bits per heavy atom. The van der Waals surface area contributed by atoms with Gasteiger partial charge in [-0.25, -0.2) is 0 Å². The molecule has 0 fully saturated rings. The first-order chi connectivity index (χ1) is 12.0. The zero-order valence-electron chi connectivity index (χ0n) is 14.2. The Kier molecular flexibility index (Phi) is 6.10. The van der Waals surface area contributed by atoms with E-state index in [-0.39, 0.29) is 40.6 Å². The summed E-state index contributed by atoms with van der Waals surface area (Å²) in [7, 11) is 0. The lowest BCUT2D eigenvalue weighted by Crippen LogP contribution is -3.00. The third-order valence-corrected chi connectivity index (χ3v) is 4.12. The SMILES string of the molecule is CCCn1c(=N)n(CC(=O)c2ccc([N+](=O)[O-])cc2)c2ccccc21.[Br-]. The van der Waals surface area contributed by atoms with Gasteiger partial charge in [-0.2, -0.15) is 0 Å². The molecular weight excluding hydrogens is 400 g/mol. The quantitative estimate of drug-likeness (QED) is 0.350. The van der Waals surface area contributed by atoms with Gasteiger partial charge in [0.25, 0.3) is 5.69 Å². The first kappa shape index (κ1) is 19.6. The van der Waals surface area contributed by atoms with Crippen molar-refractivity contribution in [1.82, 2.24) is 9.13 Å². The predicted molar refractivity (Wildman–Crippen MR) is 93.5 cm³/mol. The fourth-order valence-electron chi connectivity index (χ4n) is 2.91. The highest BCUT2D eigenvalue weighted by molar-refractivity contribution is 5.96. The van der Waals surface area contributed by atoms with Gasteiger partial charge in [0.15, 0.2) is 5.78 Å². The van der Waals surface area contributed by atoms with Crippen LogP contribution in [0.2, 0.25) is 0 Å². The van der Waals surface area contributed by atoms with Crippen molar-refractivity contribution in [3.63, 3.8) is 0 Å². The highest BCUT2D eigenvalue weighted by atomic mass is 79.9. The van der Waals surface area contributed by atoms with Crippen molar-refractivity contribution < 1.29 is 26.7 Å². The lowest BCUT2D eigenvalue weighted by Gasteiger charge is -2.04. The molecule has 0 saturated carbocycles. The van der Waals surface area contributed by atoms with Crippen molar-refractivity contribution in [2.24, 2.45) is 0 Å². The van der Waals surface area contributed by atoms with Crippen molar-refractivity contribution in [1.29, 1.82) is 5.41 Å². The van der Waals surface area contributed by atoms with Gasteiger partial charge in [-0.1, -0.05) is 19.1 Å². The number of hydrogen-bond donors (Lipinski definition) is 1. The number of aromatic nitrogens is 2. The average molecular weight is 418 g/mol. The third kappa shape index (κ3) is 3.60. The van der Waals surface area contributed by atoms with E-state index in [1.54, 1.807) is 4.57 Å². The molecule has 0 aliphatic heterocycles. The number of para-hydroxylation sites is 2. The van der Waals surface area contributed by atoms with Gasteiger partial charge in [0, 0.05) is 24.2 Å². The molecule has 0 atom stereocenters. The third-order valence-electron chi connectivity index (χ3n) is 4.12. The Hall–Kier alpha value is -2.74. The number of aryl methyl sites for hydroxylation is 1. The molecule has 0 bridgehead atoms. The molecule has 7 nitrogen and oxygen atoms in total. The zero-order chi connectivity index (χ0) is 18.0. The molecule has 1 aromatic heterocycles. The molecule has 0 unspecified atom stereocenters. The first-order valence-electron chi connectivity index (χ1n) is 8.03. The number of Topliss-reactive ketones (excluding diaryl/α,β-unsaturated/α-hetero) is 1. The summed E-state index contributed by atoms with van der Waals surface area (Å²) in [5.74, 6) is -0.187. The van der Waals surface area contributed by atoms with E-state index < -0.39 is 4.92 Å². The number of carbonyl (C=O) groups is 1. The zero-order valence-corrected chi connectivity index (χ0v) is 15.8. The van der Waals surface area contributed by atoms with Crippen LogP contribution in [0, 0.1) is 15.5 Å². The van der Waals surface area contributed by atoms with Gasteiger partial charge in [-0.05, 0) is 30.7 Å². The fraction of sp³-hybridized carbons (Fsp3) is 0.222. The largest absolute Gasteiger partial charge is 1.00 e. The highest BCUT2D eigenvalue weighted by Crippen LogP contribution is 2.16. The summed E-state index contributed by atoms with van der Waals surface area (Å²) in [6.45, 7) is 2.77. The van der Waals surface area contributed by atoms with Crippen LogP contribution in [0.4, 0.5) is 5.69 Å². The number of non-ortho nitro benzene ring substituents is 1. The maximum absolute atomic E-state index is 12.6. The van der Waals surface area contributed by atoms with E-state index in [1.165, 1.54) is 24.3 Å². The summed E-state index contributed by atoms with van der Waals surface area (Å²) in [5, 5.41) is 19.1. The van der Waals surface area contributed by atoms with E-state index in [2.05, 4.69) is 0 Å². The monoisotopic (exact) mass is 417 g/mol. The van der Waals surface area contributed by atoms with Crippen LogP contribution < -0.4 is 22.6 Å². The van der Waals surface area contributed by atoms with Crippen LogP contribution in [-0.2, 0) is 13.1 Å². The number of nitro groups is 1. The van der Waals surface area contributed by atoms with Gasteiger partial charge in [-0.3, -0.25) is 20.3 Å². The van der Waals surface area contributed by atoms with Crippen LogP contribution in [0.1, 0.15) is 23.7 Å². The van der Waals surface area contributed by atoms with Gasteiger partial charge >= 0.3 is 0 Å². The molecule has 0 aliphatic carbocycles. The normalized spacial score (nSPS) is 10.5. The van der Waals surface area contributed by atoms with Crippen LogP contribution in [0.25, 0.3) is 11.0 Å². The molecule has 2 aromatic carbocycles. The summed E-state index contributed by atoms with van der Waals surface area (Å²) < 4.78 is 3.56.